The number of methoxy groups -OCH3 is 1. The van der Waals surface area contributed by atoms with Crippen LogP contribution in [0.2, 0.25) is 5.02 Å². The Morgan fingerprint density at radius 2 is 1.73 bits per heavy atom. The van der Waals surface area contributed by atoms with Crippen molar-refractivity contribution in [2.45, 2.75) is 38.8 Å². The predicted octanol–water partition coefficient (Wildman–Crippen LogP) is 9.12. The smallest absolute Gasteiger partial charge is 0.180 e. The van der Waals surface area contributed by atoms with Crippen LogP contribution in [-0.4, -0.2) is 13.3 Å². The standard InChI is InChI=1S/C35H33ClN2O2/c1-22-7-10-24(11-8-22)21-40-35-31(36)18-25(19-33(35)39-3)20-37-27-14-12-26(13-15-27)34-29-6-4-5-28(29)30-17-23(2)9-16-32(30)38-34/h4-5,7-20,28-29,34,38H,6,21H2,1-3H3/t28-,29-,34-/m0/s1. The van der Waals surface area contributed by atoms with Crippen LogP contribution in [0, 0.1) is 19.8 Å². The third-order valence-electron chi connectivity index (χ3n) is 7.89. The number of aliphatic imine (C=N–C) groups is 1. The van der Waals surface area contributed by atoms with E-state index in [4.69, 9.17) is 26.1 Å². The number of aryl methyl sites for hydroxylation is 2. The maximum atomic E-state index is 6.60. The van der Waals surface area contributed by atoms with Crippen LogP contribution >= 0.6 is 11.6 Å². The van der Waals surface area contributed by atoms with Crippen molar-refractivity contribution in [3.05, 3.63) is 129 Å². The molecule has 2 aliphatic rings. The Balaban J connectivity index is 1.16. The number of nitrogens with one attached hydrogen (secondary N) is 1. The van der Waals surface area contributed by atoms with Crippen molar-refractivity contribution in [2.24, 2.45) is 10.9 Å². The minimum Gasteiger partial charge on any atom is -0.493 e. The molecule has 1 aliphatic heterocycles. The van der Waals surface area contributed by atoms with Gasteiger partial charge in [0.2, 0.25) is 0 Å². The average Bonchev–Trinajstić information content (AvgIpc) is 3.47. The van der Waals surface area contributed by atoms with Crippen molar-refractivity contribution in [3.63, 3.8) is 0 Å². The van der Waals surface area contributed by atoms with Gasteiger partial charge in [-0.3, -0.25) is 4.99 Å². The average molecular weight is 549 g/mol. The SMILES string of the molecule is COc1cc(C=Nc2ccc([C@@H]3Nc4ccc(C)cc4[C@H]4C=CC[C@@H]43)cc2)cc(Cl)c1OCc1ccc(C)cc1. The second kappa shape index (κ2) is 11.2. The molecule has 0 radical (unpaired) electrons. The number of rotatable bonds is 7. The third kappa shape index (κ3) is 5.37. The molecule has 4 aromatic rings. The molecule has 0 amide bonds. The molecule has 0 saturated heterocycles. The first-order chi connectivity index (χ1) is 19.5. The zero-order valence-electron chi connectivity index (χ0n) is 23.0. The number of ether oxygens (including phenoxy) is 2. The molecule has 4 nitrogen and oxygen atoms in total. The van der Waals surface area contributed by atoms with Crippen LogP contribution in [0.5, 0.6) is 11.5 Å². The number of anilines is 1. The summed E-state index contributed by atoms with van der Waals surface area (Å²) < 4.78 is 11.6. The van der Waals surface area contributed by atoms with Crippen molar-refractivity contribution in [1.29, 1.82) is 0 Å². The third-order valence-corrected chi connectivity index (χ3v) is 8.17. The van der Waals surface area contributed by atoms with Gasteiger partial charge in [0.1, 0.15) is 6.61 Å². The zero-order chi connectivity index (χ0) is 27.6. The summed E-state index contributed by atoms with van der Waals surface area (Å²) in [6, 6.07) is 27.5. The summed E-state index contributed by atoms with van der Waals surface area (Å²) in [5, 5.41) is 4.31. The zero-order valence-corrected chi connectivity index (χ0v) is 23.8. The lowest BCUT2D eigenvalue weighted by Crippen LogP contribution is -2.29. The predicted molar refractivity (Wildman–Crippen MR) is 165 cm³/mol. The summed E-state index contributed by atoms with van der Waals surface area (Å²) in [5.41, 5.74) is 9.25. The summed E-state index contributed by atoms with van der Waals surface area (Å²) in [6.07, 6.45) is 7.61. The second-order valence-electron chi connectivity index (χ2n) is 10.7. The lowest BCUT2D eigenvalue weighted by Gasteiger charge is -2.37. The number of benzene rings is 4. The Morgan fingerprint density at radius 3 is 2.50 bits per heavy atom. The van der Waals surface area contributed by atoms with E-state index in [0.717, 1.165) is 23.2 Å². The van der Waals surface area contributed by atoms with Gasteiger partial charge < -0.3 is 14.8 Å². The van der Waals surface area contributed by atoms with E-state index in [1.54, 1.807) is 7.11 Å². The highest BCUT2D eigenvalue weighted by Crippen LogP contribution is 2.50. The molecule has 3 atom stereocenters. The Morgan fingerprint density at radius 1 is 0.950 bits per heavy atom. The van der Waals surface area contributed by atoms with Gasteiger partial charge >= 0.3 is 0 Å². The van der Waals surface area contributed by atoms with Crippen LogP contribution in [0.15, 0.2) is 96.0 Å². The largest absolute Gasteiger partial charge is 0.493 e. The second-order valence-corrected chi connectivity index (χ2v) is 11.1. The van der Waals surface area contributed by atoms with E-state index in [1.165, 1.54) is 27.9 Å². The number of halogens is 1. The van der Waals surface area contributed by atoms with Gasteiger partial charge in [0, 0.05) is 17.8 Å². The quantitative estimate of drug-likeness (QED) is 0.185. The number of allylic oxidation sites excluding steroid dienone is 2. The van der Waals surface area contributed by atoms with E-state index < -0.39 is 0 Å². The molecule has 40 heavy (non-hydrogen) atoms. The molecule has 5 heteroatoms. The van der Waals surface area contributed by atoms with Gasteiger partial charge in [0.25, 0.3) is 0 Å². The van der Waals surface area contributed by atoms with Crippen LogP contribution in [0.1, 0.15) is 51.8 Å². The summed E-state index contributed by atoms with van der Waals surface area (Å²) in [5.74, 6) is 2.09. The molecule has 0 fully saturated rings. The fraction of sp³-hybridized carbons (Fsp3) is 0.229. The Hall–Kier alpha value is -4.02. The Kier molecular flexibility index (Phi) is 7.36. The molecule has 1 N–H and O–H groups in total. The van der Waals surface area contributed by atoms with E-state index in [1.807, 2.05) is 18.3 Å². The van der Waals surface area contributed by atoms with Gasteiger partial charge in [-0.05, 0) is 78.8 Å². The van der Waals surface area contributed by atoms with E-state index in [2.05, 4.69) is 98.0 Å². The normalized spacial score (nSPS) is 19.2. The Labute approximate surface area is 241 Å². The molecule has 0 saturated carbocycles. The van der Waals surface area contributed by atoms with Gasteiger partial charge in [-0.1, -0.05) is 83.4 Å². The molecule has 1 aliphatic carbocycles. The molecule has 0 bridgehead atoms. The van der Waals surface area contributed by atoms with Crippen molar-refractivity contribution in [2.75, 3.05) is 12.4 Å². The van der Waals surface area contributed by atoms with Crippen LogP contribution in [-0.2, 0) is 6.61 Å². The first kappa shape index (κ1) is 26.2. The topological polar surface area (TPSA) is 42.8 Å². The maximum absolute atomic E-state index is 6.60. The van der Waals surface area contributed by atoms with Crippen LogP contribution in [0.4, 0.5) is 11.4 Å². The molecule has 202 valence electrons. The highest BCUT2D eigenvalue weighted by Gasteiger charge is 2.37. The minimum absolute atomic E-state index is 0.267. The monoisotopic (exact) mass is 548 g/mol. The molecule has 0 spiro atoms. The molecular weight excluding hydrogens is 516 g/mol. The maximum Gasteiger partial charge on any atom is 0.180 e. The number of nitrogens with zero attached hydrogens (tertiary/aromatic N) is 1. The van der Waals surface area contributed by atoms with Gasteiger partial charge in [0.15, 0.2) is 11.5 Å². The molecule has 0 aromatic heterocycles. The fourth-order valence-electron chi connectivity index (χ4n) is 5.75. The molecular formula is C35H33ClN2O2. The van der Waals surface area contributed by atoms with Crippen molar-refractivity contribution in [1.82, 2.24) is 0 Å². The van der Waals surface area contributed by atoms with E-state index in [-0.39, 0.29) is 6.04 Å². The lowest BCUT2D eigenvalue weighted by atomic mass is 9.76. The van der Waals surface area contributed by atoms with Crippen molar-refractivity contribution >= 4 is 29.2 Å². The van der Waals surface area contributed by atoms with Crippen molar-refractivity contribution in [3.8, 4) is 11.5 Å². The van der Waals surface area contributed by atoms with E-state index in [9.17, 15) is 0 Å². The summed E-state index contributed by atoms with van der Waals surface area (Å²) in [6.45, 7) is 4.64. The van der Waals surface area contributed by atoms with Crippen LogP contribution in [0.25, 0.3) is 0 Å². The summed E-state index contributed by atoms with van der Waals surface area (Å²) in [4.78, 5) is 4.71. The van der Waals surface area contributed by atoms with Gasteiger partial charge in [0.05, 0.1) is 23.9 Å². The Bertz CT molecular complexity index is 1570. The molecule has 0 unspecified atom stereocenters. The number of hydrogen-bond acceptors (Lipinski definition) is 4. The van der Waals surface area contributed by atoms with Crippen LogP contribution < -0.4 is 14.8 Å². The molecule has 4 aromatic carbocycles. The lowest BCUT2D eigenvalue weighted by molar-refractivity contribution is 0.284. The first-order valence-corrected chi connectivity index (χ1v) is 14.1. The first-order valence-electron chi connectivity index (χ1n) is 13.7. The van der Waals surface area contributed by atoms with Gasteiger partial charge in [-0.15, -0.1) is 0 Å². The highest BCUT2D eigenvalue weighted by molar-refractivity contribution is 6.32. The number of hydrogen-bond donors (Lipinski definition) is 1. The molecule has 6 rings (SSSR count). The highest BCUT2D eigenvalue weighted by atomic mass is 35.5. The van der Waals surface area contributed by atoms with E-state index in [0.29, 0.717) is 35.0 Å². The fourth-order valence-corrected chi connectivity index (χ4v) is 6.03. The van der Waals surface area contributed by atoms with Crippen LogP contribution in [0.3, 0.4) is 0 Å². The van der Waals surface area contributed by atoms with Gasteiger partial charge in [-0.25, -0.2) is 0 Å². The minimum atomic E-state index is 0.267. The van der Waals surface area contributed by atoms with Crippen molar-refractivity contribution < 1.29 is 9.47 Å². The summed E-state index contributed by atoms with van der Waals surface area (Å²) >= 11 is 6.60. The summed E-state index contributed by atoms with van der Waals surface area (Å²) in [7, 11) is 1.62. The number of fused-ring (bicyclic) bond motifs is 3. The van der Waals surface area contributed by atoms with Gasteiger partial charge in [-0.2, -0.15) is 0 Å². The molecule has 1 heterocycles. The van der Waals surface area contributed by atoms with E-state index >= 15 is 0 Å².